The molecule has 3 rings (SSSR count). The van der Waals surface area contributed by atoms with E-state index >= 15 is 0 Å². The molecule has 0 aromatic heterocycles. The molecule has 6 heteroatoms. The minimum Gasteiger partial charge on any atom is -0.497 e. The van der Waals surface area contributed by atoms with Gasteiger partial charge in [0.2, 0.25) is 5.91 Å². The van der Waals surface area contributed by atoms with Crippen molar-refractivity contribution in [3.63, 3.8) is 0 Å². The first kappa shape index (κ1) is 17.8. The molecule has 1 saturated heterocycles. The molecule has 1 heterocycles. The second kappa shape index (κ2) is 8.38. The lowest BCUT2D eigenvalue weighted by molar-refractivity contribution is -0.128. The summed E-state index contributed by atoms with van der Waals surface area (Å²) in [6.07, 6.45) is 1.59. The molecule has 1 aliphatic rings. The smallest absolute Gasteiger partial charge is 0.222 e. The van der Waals surface area contributed by atoms with Gasteiger partial charge < -0.3 is 20.7 Å². The third-order valence-electron chi connectivity index (χ3n) is 4.41. The molecule has 0 bridgehead atoms. The van der Waals surface area contributed by atoms with E-state index in [4.69, 9.17) is 10.5 Å². The van der Waals surface area contributed by atoms with E-state index in [0.717, 1.165) is 35.5 Å². The Kier molecular flexibility index (Phi) is 5.73. The average Bonchev–Trinajstić information content (AvgIpc) is 3.06. The Bertz CT molecular complexity index is 804. The van der Waals surface area contributed by atoms with E-state index in [0.29, 0.717) is 25.5 Å². The van der Waals surface area contributed by atoms with E-state index in [9.17, 15) is 4.79 Å². The first-order chi connectivity index (χ1) is 12.7. The molecule has 0 atom stereocenters. The van der Waals surface area contributed by atoms with Gasteiger partial charge in [0, 0.05) is 31.3 Å². The minimum atomic E-state index is 0.225. The summed E-state index contributed by atoms with van der Waals surface area (Å²) >= 11 is 0. The highest BCUT2D eigenvalue weighted by molar-refractivity contribution is 5.92. The zero-order valence-electron chi connectivity index (χ0n) is 14.9. The van der Waals surface area contributed by atoms with E-state index in [1.807, 2.05) is 53.4 Å². The number of hydrogen-bond donors (Lipinski definition) is 2. The van der Waals surface area contributed by atoms with Gasteiger partial charge in [-0.05, 0) is 29.7 Å². The Morgan fingerprint density at radius 2 is 2.04 bits per heavy atom. The van der Waals surface area contributed by atoms with Gasteiger partial charge in [0.1, 0.15) is 5.75 Å². The van der Waals surface area contributed by atoms with Crippen molar-refractivity contribution in [3.8, 4) is 5.75 Å². The Morgan fingerprint density at radius 1 is 1.23 bits per heavy atom. The number of nitrogens with two attached hydrogens (primary N) is 1. The number of likely N-dealkylation sites (tertiary alicyclic amines) is 1. The molecule has 1 fully saturated rings. The number of nitrogens with zero attached hydrogens (tertiary/aromatic N) is 2. The third kappa shape index (κ3) is 4.53. The molecule has 3 N–H and O–H groups in total. The molecule has 2 aromatic rings. The number of nitrogens with one attached hydrogen (secondary N) is 1. The fourth-order valence-corrected chi connectivity index (χ4v) is 3.00. The zero-order chi connectivity index (χ0) is 18.4. The maximum absolute atomic E-state index is 11.9. The molecular formula is C20H24N4O2. The van der Waals surface area contributed by atoms with Gasteiger partial charge in [-0.3, -0.25) is 4.79 Å². The minimum absolute atomic E-state index is 0.225. The molecule has 0 aliphatic carbocycles. The number of aliphatic imine (C=N–C) groups is 1. The van der Waals surface area contributed by atoms with Crippen LogP contribution in [-0.2, 0) is 17.9 Å². The Hall–Kier alpha value is -3.02. The number of methoxy groups -OCH3 is 1. The maximum atomic E-state index is 11.9. The second-order valence-electron chi connectivity index (χ2n) is 6.25. The van der Waals surface area contributed by atoms with Gasteiger partial charge >= 0.3 is 0 Å². The second-order valence-corrected chi connectivity index (χ2v) is 6.25. The molecule has 1 aliphatic heterocycles. The lowest BCUT2D eigenvalue weighted by Crippen LogP contribution is -2.25. The Labute approximate surface area is 153 Å². The monoisotopic (exact) mass is 352 g/mol. The normalized spacial score (nSPS) is 14.6. The van der Waals surface area contributed by atoms with Crippen LogP contribution in [0.4, 0.5) is 5.69 Å². The van der Waals surface area contributed by atoms with Crippen LogP contribution in [0.2, 0.25) is 0 Å². The van der Waals surface area contributed by atoms with Crippen molar-refractivity contribution in [2.45, 2.75) is 25.9 Å². The number of benzene rings is 2. The lowest BCUT2D eigenvalue weighted by atomic mass is 10.1. The van der Waals surface area contributed by atoms with Gasteiger partial charge in [-0.25, -0.2) is 4.99 Å². The fraction of sp³-hybridized carbons (Fsp3) is 0.300. The zero-order valence-corrected chi connectivity index (χ0v) is 14.9. The first-order valence-electron chi connectivity index (χ1n) is 8.71. The van der Waals surface area contributed by atoms with Crippen LogP contribution in [0.1, 0.15) is 24.0 Å². The third-order valence-corrected chi connectivity index (χ3v) is 4.41. The highest BCUT2D eigenvalue weighted by Crippen LogP contribution is 2.18. The number of guanidine groups is 1. The van der Waals surface area contributed by atoms with Crippen molar-refractivity contribution in [2.75, 3.05) is 19.0 Å². The first-order valence-corrected chi connectivity index (χ1v) is 8.71. The molecule has 6 nitrogen and oxygen atoms in total. The van der Waals surface area contributed by atoms with Crippen molar-refractivity contribution in [3.05, 3.63) is 59.7 Å². The standard InChI is InChI=1S/C20H24N4O2/c1-26-18-9-4-8-17(12-18)23-20(21)22-13-15-6-2-3-7-16(15)14-24-11-5-10-19(24)25/h2-4,6-9,12H,5,10-11,13-14H2,1H3,(H3,21,22,23). The van der Waals surface area contributed by atoms with E-state index in [1.165, 1.54) is 0 Å². The van der Waals surface area contributed by atoms with Gasteiger partial charge in [-0.2, -0.15) is 0 Å². The van der Waals surface area contributed by atoms with Gasteiger partial charge in [-0.15, -0.1) is 0 Å². The van der Waals surface area contributed by atoms with Gasteiger partial charge in [0.05, 0.1) is 13.7 Å². The molecule has 26 heavy (non-hydrogen) atoms. The van der Waals surface area contributed by atoms with Crippen molar-refractivity contribution < 1.29 is 9.53 Å². The SMILES string of the molecule is COc1cccc(NC(N)=NCc2ccccc2CN2CCCC2=O)c1. The topological polar surface area (TPSA) is 80.0 Å². The van der Waals surface area contributed by atoms with Crippen molar-refractivity contribution in [1.29, 1.82) is 0 Å². The van der Waals surface area contributed by atoms with E-state index in [1.54, 1.807) is 7.11 Å². The number of hydrogen-bond acceptors (Lipinski definition) is 3. The molecule has 2 aromatic carbocycles. The molecule has 0 radical (unpaired) electrons. The summed E-state index contributed by atoms with van der Waals surface area (Å²) in [6.45, 7) is 1.92. The molecule has 0 saturated carbocycles. The number of rotatable bonds is 6. The van der Waals surface area contributed by atoms with Gasteiger partial charge in [0.15, 0.2) is 5.96 Å². The van der Waals surface area contributed by atoms with Crippen LogP contribution >= 0.6 is 0 Å². The summed E-state index contributed by atoms with van der Waals surface area (Å²) in [4.78, 5) is 18.2. The molecule has 0 unspecified atom stereocenters. The summed E-state index contributed by atoms with van der Waals surface area (Å²) in [5, 5.41) is 3.07. The van der Waals surface area contributed by atoms with Gasteiger partial charge in [0.25, 0.3) is 0 Å². The van der Waals surface area contributed by atoms with Crippen molar-refractivity contribution >= 4 is 17.6 Å². The summed E-state index contributed by atoms with van der Waals surface area (Å²) in [7, 11) is 1.62. The number of ether oxygens (including phenoxy) is 1. The fourth-order valence-electron chi connectivity index (χ4n) is 3.00. The van der Waals surface area contributed by atoms with Crippen LogP contribution in [-0.4, -0.2) is 30.4 Å². The van der Waals surface area contributed by atoms with E-state index in [-0.39, 0.29) is 5.91 Å². The molecule has 136 valence electrons. The number of anilines is 1. The average molecular weight is 352 g/mol. The molecular weight excluding hydrogens is 328 g/mol. The van der Waals surface area contributed by atoms with Crippen LogP contribution in [0, 0.1) is 0 Å². The predicted octanol–water partition coefficient (Wildman–Crippen LogP) is 2.74. The lowest BCUT2D eigenvalue weighted by Gasteiger charge is -2.17. The Balaban J connectivity index is 1.66. The number of carbonyl (C=O) groups excluding carboxylic acids is 1. The summed E-state index contributed by atoms with van der Waals surface area (Å²) in [6, 6.07) is 15.5. The quantitative estimate of drug-likeness (QED) is 0.619. The molecule has 1 amide bonds. The van der Waals surface area contributed by atoms with E-state index < -0.39 is 0 Å². The number of amides is 1. The van der Waals surface area contributed by atoms with Crippen LogP contribution in [0.15, 0.2) is 53.5 Å². The molecule has 0 spiro atoms. The summed E-state index contributed by atoms with van der Waals surface area (Å²) < 4.78 is 5.20. The van der Waals surface area contributed by atoms with Crippen molar-refractivity contribution in [2.24, 2.45) is 10.7 Å². The number of carbonyl (C=O) groups is 1. The highest BCUT2D eigenvalue weighted by atomic mass is 16.5. The summed E-state index contributed by atoms with van der Waals surface area (Å²) in [5.41, 5.74) is 9.02. The largest absolute Gasteiger partial charge is 0.497 e. The Morgan fingerprint density at radius 3 is 2.77 bits per heavy atom. The van der Waals surface area contributed by atoms with Gasteiger partial charge in [-0.1, -0.05) is 30.3 Å². The predicted molar refractivity (Wildman–Crippen MR) is 103 cm³/mol. The van der Waals surface area contributed by atoms with Crippen LogP contribution in [0.3, 0.4) is 0 Å². The van der Waals surface area contributed by atoms with Crippen LogP contribution < -0.4 is 15.8 Å². The summed E-state index contributed by atoms with van der Waals surface area (Å²) in [5.74, 6) is 1.32. The van der Waals surface area contributed by atoms with Crippen LogP contribution in [0.25, 0.3) is 0 Å². The van der Waals surface area contributed by atoms with Crippen molar-refractivity contribution in [1.82, 2.24) is 4.90 Å². The van der Waals surface area contributed by atoms with Crippen LogP contribution in [0.5, 0.6) is 5.75 Å². The highest BCUT2D eigenvalue weighted by Gasteiger charge is 2.20. The van der Waals surface area contributed by atoms with E-state index in [2.05, 4.69) is 10.3 Å². The maximum Gasteiger partial charge on any atom is 0.222 e.